The number of amides is 1. The molecule has 0 unspecified atom stereocenters. The molecule has 1 heterocycles. The van der Waals surface area contributed by atoms with Crippen molar-refractivity contribution in [1.29, 1.82) is 0 Å². The number of carbonyl (C=O) groups excluding carboxylic acids is 1. The molecule has 0 aliphatic heterocycles. The minimum Gasteiger partial charge on any atom is -0.493 e. The fourth-order valence-electron chi connectivity index (χ4n) is 2.81. The Balaban J connectivity index is 2.44. The van der Waals surface area contributed by atoms with E-state index in [1.807, 2.05) is 13.8 Å². The normalized spacial score (nSPS) is 12.3. The summed E-state index contributed by atoms with van der Waals surface area (Å²) in [6, 6.07) is 3.12. The summed E-state index contributed by atoms with van der Waals surface area (Å²) in [5.41, 5.74) is 0.621. The van der Waals surface area contributed by atoms with Gasteiger partial charge in [0.15, 0.2) is 11.3 Å². The summed E-state index contributed by atoms with van der Waals surface area (Å²) in [5, 5.41) is 12.8. The number of hydrogen-bond acceptors (Lipinski definition) is 6. The molecular weight excluding hydrogens is 338 g/mol. The SMILES string of the molecule is COc1ccc2c(C)c(CC(=O)N[C@@H](CO)C(C)C)c(=O)oc2c1OC. The number of ether oxygens (including phenoxy) is 2. The van der Waals surface area contributed by atoms with E-state index in [1.54, 1.807) is 19.1 Å². The predicted molar refractivity (Wildman–Crippen MR) is 97.9 cm³/mol. The van der Waals surface area contributed by atoms with Crippen LogP contribution in [0.1, 0.15) is 25.0 Å². The Bertz CT molecular complexity index is 855. The number of rotatable bonds is 7. The van der Waals surface area contributed by atoms with Gasteiger partial charge in [0.25, 0.3) is 0 Å². The van der Waals surface area contributed by atoms with E-state index in [0.29, 0.717) is 22.4 Å². The Morgan fingerprint density at radius 1 is 1.27 bits per heavy atom. The summed E-state index contributed by atoms with van der Waals surface area (Å²) in [7, 11) is 2.97. The Labute approximate surface area is 151 Å². The highest BCUT2D eigenvalue weighted by Crippen LogP contribution is 2.36. The zero-order chi connectivity index (χ0) is 19.4. The number of aliphatic hydroxyl groups excluding tert-OH is 1. The Morgan fingerprint density at radius 3 is 2.50 bits per heavy atom. The maximum Gasteiger partial charge on any atom is 0.340 e. The van der Waals surface area contributed by atoms with Crippen molar-refractivity contribution >= 4 is 16.9 Å². The highest BCUT2D eigenvalue weighted by Gasteiger charge is 2.21. The molecule has 0 fully saturated rings. The zero-order valence-corrected chi connectivity index (χ0v) is 15.7. The maximum absolute atomic E-state index is 12.5. The molecule has 1 amide bonds. The summed E-state index contributed by atoms with van der Waals surface area (Å²) in [5.74, 6) is 0.528. The molecule has 142 valence electrons. The first kappa shape index (κ1) is 19.8. The van der Waals surface area contributed by atoms with Crippen LogP contribution in [0.4, 0.5) is 0 Å². The van der Waals surface area contributed by atoms with E-state index >= 15 is 0 Å². The fourth-order valence-corrected chi connectivity index (χ4v) is 2.81. The van der Waals surface area contributed by atoms with E-state index < -0.39 is 5.63 Å². The molecule has 1 atom stereocenters. The molecule has 0 saturated carbocycles. The number of methoxy groups -OCH3 is 2. The lowest BCUT2D eigenvalue weighted by molar-refractivity contribution is -0.121. The molecule has 7 heteroatoms. The molecule has 1 aromatic heterocycles. The summed E-state index contributed by atoms with van der Waals surface area (Å²) in [4.78, 5) is 24.8. The van der Waals surface area contributed by atoms with Crippen molar-refractivity contribution in [2.24, 2.45) is 5.92 Å². The Hall–Kier alpha value is -2.54. The van der Waals surface area contributed by atoms with E-state index in [4.69, 9.17) is 13.9 Å². The summed E-state index contributed by atoms with van der Waals surface area (Å²) >= 11 is 0. The van der Waals surface area contributed by atoms with Gasteiger partial charge in [0, 0.05) is 5.39 Å². The predicted octanol–water partition coefficient (Wildman–Crippen LogP) is 1.79. The second-order valence-electron chi connectivity index (χ2n) is 6.45. The van der Waals surface area contributed by atoms with Crippen LogP contribution in [0.2, 0.25) is 0 Å². The van der Waals surface area contributed by atoms with Gasteiger partial charge in [-0.05, 0) is 30.5 Å². The Morgan fingerprint density at radius 2 is 1.96 bits per heavy atom. The van der Waals surface area contributed by atoms with Gasteiger partial charge < -0.3 is 24.3 Å². The maximum atomic E-state index is 12.5. The molecule has 2 rings (SSSR count). The smallest absolute Gasteiger partial charge is 0.340 e. The molecule has 0 spiro atoms. The fraction of sp³-hybridized carbons (Fsp3) is 0.474. The standard InChI is InChI=1S/C19H25NO6/c1-10(2)14(9-21)20-16(22)8-13-11(3)12-6-7-15(24-4)18(25-5)17(12)26-19(13)23/h6-7,10,14,21H,8-9H2,1-5H3,(H,20,22)/t14-/m0/s1. The third-order valence-corrected chi connectivity index (χ3v) is 4.48. The van der Waals surface area contributed by atoms with Gasteiger partial charge in [-0.2, -0.15) is 0 Å². The van der Waals surface area contributed by atoms with Crippen LogP contribution in [0.15, 0.2) is 21.3 Å². The van der Waals surface area contributed by atoms with Crippen LogP contribution in [0.25, 0.3) is 11.0 Å². The average molecular weight is 363 g/mol. The van der Waals surface area contributed by atoms with Gasteiger partial charge >= 0.3 is 5.63 Å². The first-order chi connectivity index (χ1) is 12.3. The van der Waals surface area contributed by atoms with E-state index in [-0.39, 0.29) is 42.0 Å². The second-order valence-corrected chi connectivity index (χ2v) is 6.45. The summed E-state index contributed by atoms with van der Waals surface area (Å²) in [6.07, 6.45) is -0.123. The monoisotopic (exact) mass is 363 g/mol. The quantitative estimate of drug-likeness (QED) is 0.728. The van der Waals surface area contributed by atoms with Gasteiger partial charge in [0.1, 0.15) is 0 Å². The second kappa shape index (κ2) is 8.23. The van der Waals surface area contributed by atoms with E-state index in [1.165, 1.54) is 14.2 Å². The molecule has 1 aromatic carbocycles. The molecule has 0 saturated heterocycles. The van der Waals surface area contributed by atoms with Crippen LogP contribution < -0.4 is 20.4 Å². The van der Waals surface area contributed by atoms with Crippen LogP contribution in [0, 0.1) is 12.8 Å². The van der Waals surface area contributed by atoms with Gasteiger partial charge in [0.05, 0.1) is 38.9 Å². The third-order valence-electron chi connectivity index (χ3n) is 4.48. The molecule has 0 bridgehead atoms. The van der Waals surface area contributed by atoms with Crippen molar-refractivity contribution in [1.82, 2.24) is 5.32 Å². The van der Waals surface area contributed by atoms with Crippen LogP contribution >= 0.6 is 0 Å². The van der Waals surface area contributed by atoms with Crippen molar-refractivity contribution < 1.29 is 23.8 Å². The summed E-state index contributed by atoms with van der Waals surface area (Å²) in [6.45, 7) is 5.40. The van der Waals surface area contributed by atoms with Gasteiger partial charge in [0.2, 0.25) is 11.7 Å². The zero-order valence-electron chi connectivity index (χ0n) is 15.7. The number of benzene rings is 1. The van der Waals surface area contributed by atoms with Gasteiger partial charge in [-0.1, -0.05) is 13.8 Å². The molecule has 26 heavy (non-hydrogen) atoms. The van der Waals surface area contributed by atoms with Crippen molar-refractivity contribution in [3.05, 3.63) is 33.7 Å². The number of aliphatic hydroxyl groups is 1. The van der Waals surface area contributed by atoms with Crippen LogP contribution in [0.5, 0.6) is 11.5 Å². The lowest BCUT2D eigenvalue weighted by Gasteiger charge is -2.20. The minimum absolute atomic E-state index is 0.0785. The van der Waals surface area contributed by atoms with Crippen molar-refractivity contribution in [2.75, 3.05) is 20.8 Å². The van der Waals surface area contributed by atoms with E-state index in [9.17, 15) is 14.7 Å². The van der Waals surface area contributed by atoms with E-state index in [0.717, 1.165) is 0 Å². The van der Waals surface area contributed by atoms with Crippen LogP contribution in [0.3, 0.4) is 0 Å². The average Bonchev–Trinajstić information content (AvgIpc) is 2.61. The molecule has 2 N–H and O–H groups in total. The molecule has 0 aliphatic rings. The lowest BCUT2D eigenvalue weighted by Crippen LogP contribution is -2.42. The number of nitrogens with one attached hydrogen (secondary N) is 1. The number of carbonyl (C=O) groups is 1. The Kier molecular flexibility index (Phi) is 6.26. The van der Waals surface area contributed by atoms with Gasteiger partial charge in [-0.3, -0.25) is 4.79 Å². The summed E-state index contributed by atoms with van der Waals surface area (Å²) < 4.78 is 16.0. The topological polar surface area (TPSA) is 98.0 Å². The number of fused-ring (bicyclic) bond motifs is 1. The highest BCUT2D eigenvalue weighted by molar-refractivity contribution is 5.89. The molecular formula is C19H25NO6. The van der Waals surface area contributed by atoms with Crippen LogP contribution in [-0.4, -0.2) is 37.9 Å². The number of hydrogen-bond donors (Lipinski definition) is 2. The lowest BCUT2D eigenvalue weighted by atomic mass is 10.0. The van der Waals surface area contributed by atoms with Crippen LogP contribution in [-0.2, 0) is 11.2 Å². The largest absolute Gasteiger partial charge is 0.493 e. The van der Waals surface area contributed by atoms with Crippen molar-refractivity contribution in [2.45, 2.75) is 33.2 Å². The third kappa shape index (κ3) is 3.83. The first-order valence-electron chi connectivity index (χ1n) is 8.41. The molecule has 2 aromatic rings. The first-order valence-corrected chi connectivity index (χ1v) is 8.41. The van der Waals surface area contributed by atoms with Gasteiger partial charge in [-0.15, -0.1) is 0 Å². The molecule has 0 aliphatic carbocycles. The molecule has 7 nitrogen and oxygen atoms in total. The molecule has 0 radical (unpaired) electrons. The van der Waals surface area contributed by atoms with Crippen molar-refractivity contribution in [3.63, 3.8) is 0 Å². The van der Waals surface area contributed by atoms with Gasteiger partial charge in [-0.25, -0.2) is 4.79 Å². The minimum atomic E-state index is -0.596. The number of aryl methyl sites for hydroxylation is 1. The van der Waals surface area contributed by atoms with Crippen molar-refractivity contribution in [3.8, 4) is 11.5 Å². The van der Waals surface area contributed by atoms with E-state index in [2.05, 4.69) is 5.32 Å². The highest BCUT2D eigenvalue weighted by atomic mass is 16.5.